The number of amides is 4. The fraction of sp³-hybridized carbons (Fsp3) is 0.312. The van der Waals surface area contributed by atoms with Crippen molar-refractivity contribution >= 4 is 47.0 Å². The lowest BCUT2D eigenvalue weighted by atomic mass is 10.1. The number of urea groups is 1. The van der Waals surface area contributed by atoms with Crippen molar-refractivity contribution in [1.82, 2.24) is 19.9 Å². The predicted octanol–water partition coefficient (Wildman–Crippen LogP) is 0.390. The van der Waals surface area contributed by atoms with Crippen molar-refractivity contribution in [3.8, 4) is 10.8 Å². The molecule has 2 aromatic rings. The highest BCUT2D eigenvalue weighted by Crippen LogP contribution is 2.32. The first-order chi connectivity index (χ1) is 13.4. The Morgan fingerprint density at radius 1 is 1.36 bits per heavy atom. The molecule has 0 saturated carbocycles. The molecule has 0 bridgehead atoms. The lowest BCUT2D eigenvalue weighted by Crippen LogP contribution is -2.61. The molecule has 12 heteroatoms. The number of amidine groups is 1. The third kappa shape index (κ3) is 2.87. The maximum absolute atomic E-state index is 12.6. The Hall–Kier alpha value is -3.41. The number of aryl methyl sites for hydroxylation is 1. The highest BCUT2D eigenvalue weighted by molar-refractivity contribution is 7.14. The van der Waals surface area contributed by atoms with Gasteiger partial charge in [0.2, 0.25) is 0 Å². The van der Waals surface area contributed by atoms with Crippen LogP contribution in [0.15, 0.2) is 21.0 Å². The second-order valence-corrected chi connectivity index (χ2v) is 7.19. The number of thiophene rings is 1. The first kappa shape index (κ1) is 18.0. The molecular formula is C16H16N7O4S+. The fourth-order valence-electron chi connectivity index (χ4n) is 2.99. The Bertz CT molecular complexity index is 1050. The topological polar surface area (TPSA) is 124 Å². The van der Waals surface area contributed by atoms with Crippen LogP contribution in [-0.2, 0) is 9.59 Å². The number of aromatic nitrogens is 2. The van der Waals surface area contributed by atoms with Crippen LogP contribution in [0.25, 0.3) is 10.8 Å². The first-order valence-corrected chi connectivity index (χ1v) is 9.15. The molecule has 2 aromatic heterocycles. The number of anilines is 1. The van der Waals surface area contributed by atoms with Gasteiger partial charge in [0, 0.05) is 14.1 Å². The zero-order valence-electron chi connectivity index (χ0n) is 15.2. The summed E-state index contributed by atoms with van der Waals surface area (Å²) >= 11 is 1.36. The summed E-state index contributed by atoms with van der Waals surface area (Å²) in [6.45, 7) is 1.59. The largest absolute Gasteiger partial charge is 0.333 e. The third-order valence-corrected chi connectivity index (χ3v) is 5.29. The van der Waals surface area contributed by atoms with Gasteiger partial charge in [-0.2, -0.15) is 4.98 Å². The zero-order chi connectivity index (χ0) is 20.0. The summed E-state index contributed by atoms with van der Waals surface area (Å²) < 4.78 is 6.65. The van der Waals surface area contributed by atoms with E-state index in [9.17, 15) is 14.4 Å². The van der Waals surface area contributed by atoms with E-state index in [0.717, 1.165) is 4.90 Å². The molecule has 0 aromatic carbocycles. The Kier molecular flexibility index (Phi) is 4.26. The number of hydrogen-bond donors (Lipinski definition) is 1. The molecule has 1 atom stereocenters. The quantitative estimate of drug-likeness (QED) is 0.738. The van der Waals surface area contributed by atoms with Crippen LogP contribution in [0.5, 0.6) is 0 Å². The molecule has 4 heterocycles. The van der Waals surface area contributed by atoms with Crippen LogP contribution in [0.3, 0.4) is 0 Å². The predicted molar refractivity (Wildman–Crippen MR) is 99.3 cm³/mol. The van der Waals surface area contributed by atoms with Crippen molar-refractivity contribution < 1.29 is 23.5 Å². The van der Waals surface area contributed by atoms with Gasteiger partial charge in [0.1, 0.15) is 4.88 Å². The SMILES string of the molecule is Cc1noc(-c2sccc2NC(=O)C[N+]2=CN=C3C2C(=O)N(C)C(=O)N3C)n1. The van der Waals surface area contributed by atoms with E-state index in [1.165, 1.54) is 34.2 Å². The van der Waals surface area contributed by atoms with Gasteiger partial charge in [-0.3, -0.25) is 19.4 Å². The normalized spacial score (nSPS) is 18.9. The summed E-state index contributed by atoms with van der Waals surface area (Å²) in [6.07, 6.45) is 1.40. The van der Waals surface area contributed by atoms with Gasteiger partial charge in [-0.1, -0.05) is 5.16 Å². The smallest absolute Gasteiger partial charge is 0.333 e. The molecule has 4 rings (SSSR count). The van der Waals surface area contributed by atoms with Gasteiger partial charge in [-0.05, 0) is 23.4 Å². The first-order valence-electron chi connectivity index (χ1n) is 8.27. The van der Waals surface area contributed by atoms with Crippen LogP contribution in [-0.4, -0.2) is 81.2 Å². The maximum Gasteiger partial charge on any atom is 0.333 e. The summed E-state index contributed by atoms with van der Waals surface area (Å²) in [7, 11) is 2.94. The highest BCUT2D eigenvalue weighted by Gasteiger charge is 2.50. The van der Waals surface area contributed by atoms with E-state index in [1.807, 2.05) is 0 Å². The van der Waals surface area contributed by atoms with Crippen molar-refractivity contribution in [1.29, 1.82) is 0 Å². The van der Waals surface area contributed by atoms with Crippen LogP contribution < -0.4 is 5.32 Å². The van der Waals surface area contributed by atoms with Gasteiger partial charge < -0.3 is 9.84 Å². The standard InChI is InChI=1S/C16H15N7O4S/c1-8-18-14(27-20-8)12-9(4-5-28-12)19-10(24)6-23-7-17-13-11(23)15(25)22(3)16(26)21(13)2/h4-5,7,11H,6H2,1-3H3/p+1. The summed E-state index contributed by atoms with van der Waals surface area (Å²) in [6, 6.07) is 0.468. The highest BCUT2D eigenvalue weighted by atomic mass is 32.1. The number of nitrogens with one attached hydrogen (secondary N) is 1. The molecule has 144 valence electrons. The molecule has 2 aliphatic heterocycles. The van der Waals surface area contributed by atoms with Crippen molar-refractivity contribution in [2.45, 2.75) is 13.0 Å². The average Bonchev–Trinajstić information content (AvgIpc) is 3.38. The van der Waals surface area contributed by atoms with Crippen molar-refractivity contribution in [2.24, 2.45) is 4.99 Å². The number of aliphatic imine (C=N–C) groups is 1. The van der Waals surface area contributed by atoms with E-state index in [1.54, 1.807) is 25.4 Å². The molecule has 1 saturated heterocycles. The van der Waals surface area contributed by atoms with Gasteiger partial charge in [0.25, 0.3) is 35.9 Å². The van der Waals surface area contributed by atoms with Gasteiger partial charge in [-0.25, -0.2) is 9.37 Å². The molecule has 11 nitrogen and oxygen atoms in total. The number of hydrogen-bond acceptors (Lipinski definition) is 8. The lowest BCUT2D eigenvalue weighted by molar-refractivity contribution is -0.519. The molecular weight excluding hydrogens is 386 g/mol. The summed E-state index contributed by atoms with van der Waals surface area (Å²) in [5, 5.41) is 8.35. The van der Waals surface area contributed by atoms with Gasteiger partial charge >= 0.3 is 6.03 Å². The van der Waals surface area contributed by atoms with Gasteiger partial charge in [0.15, 0.2) is 12.4 Å². The van der Waals surface area contributed by atoms with E-state index in [-0.39, 0.29) is 12.5 Å². The van der Waals surface area contributed by atoms with E-state index < -0.39 is 18.0 Å². The van der Waals surface area contributed by atoms with Crippen LogP contribution in [0.1, 0.15) is 5.82 Å². The zero-order valence-corrected chi connectivity index (χ0v) is 16.1. The van der Waals surface area contributed by atoms with Crippen LogP contribution in [0.2, 0.25) is 0 Å². The number of imide groups is 1. The van der Waals surface area contributed by atoms with Crippen molar-refractivity contribution in [3.63, 3.8) is 0 Å². The van der Waals surface area contributed by atoms with Crippen molar-refractivity contribution in [3.05, 3.63) is 17.3 Å². The number of rotatable bonds is 4. The second-order valence-electron chi connectivity index (χ2n) is 6.27. The Morgan fingerprint density at radius 3 is 2.86 bits per heavy atom. The number of carbonyl (C=O) groups excluding carboxylic acids is 3. The number of likely N-dealkylation sites (N-methyl/N-ethyl adjacent to an activating group) is 2. The minimum Gasteiger partial charge on any atom is -0.333 e. The van der Waals surface area contributed by atoms with Crippen LogP contribution >= 0.6 is 11.3 Å². The number of nitrogens with zero attached hydrogens (tertiary/aromatic N) is 6. The monoisotopic (exact) mass is 402 g/mol. The molecule has 1 N–H and O–H groups in total. The summed E-state index contributed by atoms with van der Waals surface area (Å²) in [5.74, 6) is 0.346. The van der Waals surface area contributed by atoms with E-state index in [4.69, 9.17) is 4.52 Å². The molecule has 4 amide bonds. The number of fused-ring (bicyclic) bond motifs is 1. The molecule has 2 aliphatic rings. The summed E-state index contributed by atoms with van der Waals surface area (Å²) in [5.41, 5.74) is 0.540. The Morgan fingerprint density at radius 2 is 2.14 bits per heavy atom. The molecule has 0 radical (unpaired) electrons. The van der Waals surface area contributed by atoms with Crippen LogP contribution in [0.4, 0.5) is 10.5 Å². The molecule has 0 spiro atoms. The van der Waals surface area contributed by atoms with Gasteiger partial charge in [-0.15, -0.1) is 11.3 Å². The number of carbonyl (C=O) groups is 3. The maximum atomic E-state index is 12.6. The Labute approximate surface area is 163 Å². The third-order valence-electron chi connectivity index (χ3n) is 4.38. The Balaban J connectivity index is 1.48. The minimum absolute atomic E-state index is 0.114. The van der Waals surface area contributed by atoms with E-state index in [2.05, 4.69) is 20.4 Å². The van der Waals surface area contributed by atoms with Crippen LogP contribution in [0, 0.1) is 6.92 Å². The molecule has 1 fully saturated rings. The van der Waals surface area contributed by atoms with E-state index >= 15 is 0 Å². The molecule has 28 heavy (non-hydrogen) atoms. The fourth-order valence-corrected chi connectivity index (χ4v) is 3.76. The average molecular weight is 402 g/mol. The second kappa shape index (κ2) is 6.64. The molecule has 1 unspecified atom stereocenters. The van der Waals surface area contributed by atoms with Crippen molar-refractivity contribution in [2.75, 3.05) is 26.0 Å². The lowest BCUT2D eigenvalue weighted by Gasteiger charge is -2.30. The molecule has 0 aliphatic carbocycles. The van der Waals surface area contributed by atoms with E-state index in [0.29, 0.717) is 28.1 Å². The minimum atomic E-state index is -0.806. The van der Waals surface area contributed by atoms with Gasteiger partial charge in [0.05, 0.1) is 5.69 Å². The summed E-state index contributed by atoms with van der Waals surface area (Å²) in [4.78, 5) is 48.4.